The van der Waals surface area contributed by atoms with Gasteiger partial charge in [0.25, 0.3) is 0 Å². The molecule has 1 unspecified atom stereocenters. The molecule has 0 saturated carbocycles. The summed E-state index contributed by atoms with van der Waals surface area (Å²) < 4.78 is 5.58. The maximum absolute atomic E-state index is 12.1. The molecule has 0 aromatic carbocycles. The summed E-state index contributed by atoms with van der Waals surface area (Å²) in [6.07, 6.45) is 41.0. The van der Waals surface area contributed by atoms with E-state index in [0.29, 0.717) is 12.8 Å². The van der Waals surface area contributed by atoms with Crippen LogP contribution in [0.2, 0.25) is 0 Å². The van der Waals surface area contributed by atoms with Crippen LogP contribution in [0.3, 0.4) is 0 Å². The first-order valence-corrected chi connectivity index (χ1v) is 16.1. The van der Waals surface area contributed by atoms with E-state index in [9.17, 15) is 9.59 Å². The number of esters is 1. The van der Waals surface area contributed by atoms with Crippen molar-refractivity contribution in [3.8, 4) is 0 Å². The molecule has 0 radical (unpaired) electrons. The first-order chi connectivity index (χ1) is 19.1. The Labute approximate surface area is 241 Å². The monoisotopic (exact) mass is 544 g/mol. The molecule has 0 aliphatic heterocycles. The van der Waals surface area contributed by atoms with Crippen molar-refractivity contribution in [2.24, 2.45) is 0 Å². The highest BCUT2D eigenvalue weighted by Crippen LogP contribution is 2.14. The highest BCUT2D eigenvalue weighted by Gasteiger charge is 2.08. The van der Waals surface area contributed by atoms with E-state index in [1.807, 2.05) is 6.92 Å². The molecule has 224 valence electrons. The lowest BCUT2D eigenvalue weighted by Crippen LogP contribution is -2.14. The number of carbonyl (C=O) groups is 2. The predicted octanol–water partition coefficient (Wildman–Crippen LogP) is 10.8. The number of carboxylic acid groups (broad SMARTS) is 1. The average Bonchev–Trinajstić information content (AvgIpc) is 2.90. The highest BCUT2D eigenvalue weighted by molar-refractivity contribution is 5.69. The number of hydrogen-bond donors (Lipinski definition) is 1. The van der Waals surface area contributed by atoms with Crippen molar-refractivity contribution >= 4 is 11.9 Å². The first kappa shape index (κ1) is 36.9. The Hall–Kier alpha value is -2.10. The second kappa shape index (κ2) is 30.4. The van der Waals surface area contributed by atoms with Gasteiger partial charge in [-0.15, -0.1) is 0 Å². The third-order valence-electron chi connectivity index (χ3n) is 6.80. The Balaban J connectivity index is 3.44. The van der Waals surface area contributed by atoms with E-state index in [0.717, 1.165) is 70.6 Å². The van der Waals surface area contributed by atoms with E-state index in [2.05, 4.69) is 55.5 Å². The summed E-state index contributed by atoms with van der Waals surface area (Å²) in [7, 11) is 0. The van der Waals surface area contributed by atoms with E-state index in [4.69, 9.17) is 9.84 Å². The lowest BCUT2D eigenvalue weighted by Gasteiger charge is -2.13. The fourth-order valence-corrected chi connectivity index (χ4v) is 4.45. The number of carbonyl (C=O) groups excluding carboxylic acids is 1. The molecule has 0 aromatic rings. The van der Waals surface area contributed by atoms with Gasteiger partial charge in [-0.25, -0.2) is 0 Å². The van der Waals surface area contributed by atoms with Crippen LogP contribution < -0.4 is 0 Å². The number of carboxylic acids is 1. The zero-order chi connectivity index (χ0) is 28.7. The molecule has 0 fully saturated rings. The van der Waals surface area contributed by atoms with Gasteiger partial charge in [-0.05, 0) is 71.1 Å². The van der Waals surface area contributed by atoms with Gasteiger partial charge in [0.15, 0.2) is 0 Å². The number of unbranched alkanes of at least 4 members (excludes halogenated alkanes) is 13. The van der Waals surface area contributed by atoms with Crippen molar-refractivity contribution in [2.45, 2.75) is 161 Å². The maximum atomic E-state index is 12.1. The summed E-state index contributed by atoms with van der Waals surface area (Å²) in [5.74, 6) is -0.722. The molecule has 39 heavy (non-hydrogen) atoms. The minimum absolute atomic E-state index is 0.0299. The van der Waals surface area contributed by atoms with Crippen molar-refractivity contribution in [1.29, 1.82) is 0 Å². The van der Waals surface area contributed by atoms with Gasteiger partial charge >= 0.3 is 11.9 Å². The van der Waals surface area contributed by atoms with Gasteiger partial charge in [-0.1, -0.05) is 120 Å². The molecule has 0 heterocycles. The molecule has 0 bridgehead atoms. The number of hydrogen-bond acceptors (Lipinski definition) is 3. The third-order valence-corrected chi connectivity index (χ3v) is 6.80. The van der Waals surface area contributed by atoms with Crippen LogP contribution in [0.25, 0.3) is 0 Å². The van der Waals surface area contributed by atoms with E-state index in [1.165, 1.54) is 57.8 Å². The standard InChI is InChI=1S/C35H60O4/c1-3-4-5-6-7-8-9-10-11-12-17-20-23-26-29-32-35(38)39-33(2)30-27-24-21-18-15-13-14-16-19-22-25-28-31-34(36)37/h4-5,7-8,10-11,17,20,33H,3,6,9,12-16,18-19,21-32H2,1-2H3,(H,36,37)/b5-4-,8-7-,11-10-,20-17-. The van der Waals surface area contributed by atoms with Gasteiger partial charge in [-0.3, -0.25) is 9.59 Å². The first-order valence-electron chi connectivity index (χ1n) is 16.1. The number of allylic oxidation sites excluding steroid dienone is 8. The topological polar surface area (TPSA) is 63.6 Å². The van der Waals surface area contributed by atoms with Crippen molar-refractivity contribution in [1.82, 2.24) is 0 Å². The van der Waals surface area contributed by atoms with Gasteiger partial charge in [0.05, 0.1) is 6.10 Å². The molecular formula is C35H60O4. The van der Waals surface area contributed by atoms with Crippen LogP contribution in [0.4, 0.5) is 0 Å². The molecule has 1 atom stereocenters. The van der Waals surface area contributed by atoms with E-state index in [-0.39, 0.29) is 12.1 Å². The molecule has 0 aliphatic rings. The second-order valence-electron chi connectivity index (χ2n) is 10.7. The molecule has 0 amide bonds. The van der Waals surface area contributed by atoms with E-state index >= 15 is 0 Å². The predicted molar refractivity (Wildman–Crippen MR) is 167 cm³/mol. The molecule has 4 heteroatoms. The van der Waals surface area contributed by atoms with Crippen LogP contribution in [0, 0.1) is 0 Å². The Morgan fingerprint density at radius 1 is 0.590 bits per heavy atom. The number of rotatable bonds is 28. The summed E-state index contributed by atoms with van der Waals surface area (Å²) >= 11 is 0. The highest BCUT2D eigenvalue weighted by atomic mass is 16.5. The fraction of sp³-hybridized carbons (Fsp3) is 0.714. The molecule has 0 saturated heterocycles. The zero-order valence-electron chi connectivity index (χ0n) is 25.4. The summed E-state index contributed by atoms with van der Waals surface area (Å²) in [5.41, 5.74) is 0. The Bertz CT molecular complexity index is 674. The van der Waals surface area contributed by atoms with Crippen molar-refractivity contribution in [3.63, 3.8) is 0 Å². The van der Waals surface area contributed by atoms with Crippen molar-refractivity contribution < 1.29 is 19.4 Å². The van der Waals surface area contributed by atoms with Gasteiger partial charge < -0.3 is 9.84 Å². The Kier molecular flexibility index (Phi) is 28.8. The summed E-state index contributed by atoms with van der Waals surface area (Å²) in [6, 6.07) is 0. The second-order valence-corrected chi connectivity index (χ2v) is 10.7. The van der Waals surface area contributed by atoms with Gasteiger partial charge in [-0.2, -0.15) is 0 Å². The molecule has 0 spiro atoms. The largest absolute Gasteiger partial charge is 0.481 e. The van der Waals surface area contributed by atoms with Gasteiger partial charge in [0.2, 0.25) is 0 Å². The van der Waals surface area contributed by atoms with Crippen molar-refractivity contribution in [2.75, 3.05) is 0 Å². The lowest BCUT2D eigenvalue weighted by atomic mass is 10.0. The minimum atomic E-state index is -0.676. The van der Waals surface area contributed by atoms with Crippen LogP contribution >= 0.6 is 0 Å². The Morgan fingerprint density at radius 3 is 1.54 bits per heavy atom. The average molecular weight is 545 g/mol. The van der Waals surface area contributed by atoms with Crippen LogP contribution in [-0.4, -0.2) is 23.1 Å². The van der Waals surface area contributed by atoms with Gasteiger partial charge in [0.1, 0.15) is 0 Å². The van der Waals surface area contributed by atoms with Crippen molar-refractivity contribution in [3.05, 3.63) is 48.6 Å². The van der Waals surface area contributed by atoms with Crippen LogP contribution in [0.15, 0.2) is 48.6 Å². The normalized spacial score (nSPS) is 12.9. The van der Waals surface area contributed by atoms with E-state index in [1.54, 1.807) is 0 Å². The lowest BCUT2D eigenvalue weighted by molar-refractivity contribution is -0.148. The zero-order valence-corrected chi connectivity index (χ0v) is 25.4. The molecular weight excluding hydrogens is 484 g/mol. The molecule has 0 rings (SSSR count). The van der Waals surface area contributed by atoms with E-state index < -0.39 is 5.97 Å². The summed E-state index contributed by atoms with van der Waals surface area (Å²) in [5, 5.41) is 8.62. The fourth-order valence-electron chi connectivity index (χ4n) is 4.45. The smallest absolute Gasteiger partial charge is 0.306 e. The maximum Gasteiger partial charge on any atom is 0.306 e. The van der Waals surface area contributed by atoms with Gasteiger partial charge in [0, 0.05) is 12.8 Å². The quantitative estimate of drug-likeness (QED) is 0.0604. The molecule has 4 nitrogen and oxygen atoms in total. The van der Waals surface area contributed by atoms with Crippen LogP contribution in [-0.2, 0) is 14.3 Å². The minimum Gasteiger partial charge on any atom is -0.481 e. The molecule has 0 aliphatic carbocycles. The Morgan fingerprint density at radius 2 is 1.03 bits per heavy atom. The molecule has 0 aromatic heterocycles. The van der Waals surface area contributed by atoms with Crippen LogP contribution in [0.1, 0.15) is 155 Å². The molecule has 1 N–H and O–H groups in total. The van der Waals surface area contributed by atoms with Crippen LogP contribution in [0.5, 0.6) is 0 Å². The number of aliphatic carboxylic acids is 1. The summed E-state index contributed by atoms with van der Waals surface area (Å²) in [4.78, 5) is 22.5. The SMILES string of the molecule is CC/C=C\C/C=C\C/C=C\C/C=C\CCCCC(=O)OC(C)CCCCCCCCCCCCCCC(=O)O. The third kappa shape index (κ3) is 32.0. The summed E-state index contributed by atoms with van der Waals surface area (Å²) in [6.45, 7) is 4.18. The number of ether oxygens (including phenoxy) is 1.